The molecular formula is H6P3V+. The average Bonchev–Trinajstić information content (AvgIpc) is 1.91. The molecule has 1 aliphatic heterocycles. The molecule has 25 valence electrons. The predicted molar refractivity (Wildman–Crippen MR) is 29.1 cm³/mol. The summed E-state index contributed by atoms with van der Waals surface area (Å²) in [6.45, 7) is 0. The van der Waals surface area contributed by atoms with E-state index in [0.717, 1.165) is 0 Å². The fraction of sp³-hybridized carbons (Fsp3) is 0. The molecule has 1 radical (unpaired) electrons. The first kappa shape index (κ1) is 1.77. The van der Waals surface area contributed by atoms with E-state index in [1.165, 1.54) is 0 Å². The Labute approximate surface area is 47.9 Å². The monoisotopic (exact) mass is 157 g/mol. The van der Waals surface area contributed by atoms with E-state index in [2.05, 4.69) is 0 Å². The Morgan fingerprint density at radius 2 is 3.25 bits per heavy atom. The van der Waals surface area contributed by atoms with Crippen molar-refractivity contribution in [3.63, 3.8) is 0 Å². The fourth-order valence-corrected chi connectivity index (χ4v) is 0. The van der Waals surface area contributed by atoms with Gasteiger partial charge in [-0.1, -0.05) is 0 Å². The molecule has 2 atom stereocenters. The van der Waals surface area contributed by atoms with Gasteiger partial charge in [-0.05, 0) is 0 Å². The van der Waals surface area contributed by atoms with Gasteiger partial charge in [-0.15, -0.1) is 0 Å². The Kier molecular flexibility index (Phi) is 1.36. The standard InChI is InChI=1S/H5P3.V/c1-2-3-1;/h1-2H,3H3;/p+1/i1D,2T,3T2;. The molecule has 0 aromatic rings. The molecule has 1 saturated heterocycles. The smallest absolute Gasteiger partial charge is 0 e. The summed E-state index contributed by atoms with van der Waals surface area (Å²) >= 11 is 0. The van der Waals surface area contributed by atoms with Crippen LogP contribution >= 0.6 is 23.7 Å². The molecule has 1 fully saturated rings. The summed E-state index contributed by atoms with van der Waals surface area (Å²) in [4.78, 5) is 0. The Morgan fingerprint density at radius 3 is 3.25 bits per heavy atom. The third-order valence-corrected chi connectivity index (χ3v) is 3.02. The van der Waals surface area contributed by atoms with E-state index in [9.17, 15) is 0 Å². The van der Waals surface area contributed by atoms with Crippen molar-refractivity contribution in [3.05, 3.63) is 0 Å². The third-order valence-electron chi connectivity index (χ3n) is 0.112. The molecule has 1 aliphatic rings. The van der Waals surface area contributed by atoms with Gasteiger partial charge in [-0.25, -0.2) is 0 Å². The summed E-state index contributed by atoms with van der Waals surface area (Å²) in [5.74, 6) is 0. The van der Waals surface area contributed by atoms with Crippen LogP contribution in [0.5, 0.6) is 0 Å². The normalized spacial score (nSPS) is 90.0. The molecule has 0 bridgehead atoms. The summed E-state index contributed by atoms with van der Waals surface area (Å²) in [6, 6.07) is 0. The summed E-state index contributed by atoms with van der Waals surface area (Å²) in [6.07, 6.45) is 0. The molecular weight excluding hydrogens is 144 g/mol. The Hall–Kier alpha value is 1.87. The second-order valence-electron chi connectivity index (χ2n) is 0.335. The van der Waals surface area contributed by atoms with Crippen molar-refractivity contribution in [3.8, 4) is 0 Å². The molecule has 1 rings (SSSR count). The Morgan fingerprint density at radius 1 is 3.00 bits per heavy atom. The summed E-state index contributed by atoms with van der Waals surface area (Å²) in [5, 5.41) is 0. The molecule has 0 nitrogen and oxygen atoms in total. The van der Waals surface area contributed by atoms with Gasteiger partial charge >= 0.3 is 28.8 Å². The van der Waals surface area contributed by atoms with Gasteiger partial charge in [0, 0.05) is 18.6 Å². The van der Waals surface area contributed by atoms with Crippen molar-refractivity contribution in [2.24, 2.45) is 0 Å². The molecule has 0 saturated carbocycles. The van der Waals surface area contributed by atoms with Crippen LogP contribution in [0.4, 0.5) is 0 Å². The van der Waals surface area contributed by atoms with E-state index in [4.69, 9.17) is 5.11 Å². The van der Waals surface area contributed by atoms with Crippen molar-refractivity contribution in [1.29, 1.82) is 5.11 Å². The summed E-state index contributed by atoms with van der Waals surface area (Å²) < 4.78 is 27.8. The second-order valence-corrected chi connectivity index (χ2v) is 9.06. The topological polar surface area (TPSA) is 0 Å². The maximum absolute atomic E-state index is 6.97. The minimum absolute atomic E-state index is 0. The maximum Gasteiger partial charge on any atom is 0 e. The van der Waals surface area contributed by atoms with Gasteiger partial charge < -0.3 is 0 Å². The van der Waals surface area contributed by atoms with Crippen molar-refractivity contribution in [2.45, 2.75) is 0 Å². The zero-order valence-corrected chi connectivity index (χ0v) is 6.19. The maximum atomic E-state index is 6.97. The summed E-state index contributed by atoms with van der Waals surface area (Å²) in [7, 11) is -5.08. The first-order chi connectivity index (χ1) is 3.07. The fourth-order valence-electron chi connectivity index (χ4n) is 0. The number of rotatable bonds is 0. The Balaban J connectivity index is 0.000000490. The van der Waals surface area contributed by atoms with Crippen molar-refractivity contribution in [2.75, 3.05) is 0 Å². The first-order valence-electron chi connectivity index (χ1n) is 2.64. The van der Waals surface area contributed by atoms with E-state index < -0.39 is 23.7 Å². The molecule has 2 unspecified atom stereocenters. The quantitative estimate of drug-likeness (QED) is 0.459. The van der Waals surface area contributed by atoms with Crippen LogP contribution in [0.3, 0.4) is 0 Å². The first-order valence-corrected chi connectivity index (χ1v) is 6.27. The average molecular weight is 157 g/mol. The largest absolute Gasteiger partial charge is 0 e. The SMILES string of the molecule is [2H]P1[PH+]([3H])[PH]1([3H])[3H].[V]. The van der Waals surface area contributed by atoms with Gasteiger partial charge in [0.2, 0.25) is 0 Å². The molecule has 0 aromatic carbocycles. The number of hydrogen-bond acceptors (Lipinski definition) is 0. The van der Waals surface area contributed by atoms with Crippen LogP contribution < -0.4 is 0 Å². The van der Waals surface area contributed by atoms with E-state index in [0.29, 0.717) is 0 Å². The molecule has 4 heteroatoms. The van der Waals surface area contributed by atoms with E-state index in [1.807, 2.05) is 0 Å². The zero-order chi connectivity index (χ0) is 5.65. The van der Waals surface area contributed by atoms with Crippen molar-refractivity contribution >= 4 is 23.7 Å². The van der Waals surface area contributed by atoms with Crippen molar-refractivity contribution in [1.82, 2.24) is 0 Å². The molecule has 0 aromatic heterocycles. The van der Waals surface area contributed by atoms with E-state index in [1.54, 1.807) is 0 Å². The van der Waals surface area contributed by atoms with Gasteiger partial charge in [0.25, 0.3) is 0 Å². The molecule has 0 spiro atoms. The third kappa shape index (κ3) is 3.87. The molecule has 0 aliphatic carbocycles. The summed E-state index contributed by atoms with van der Waals surface area (Å²) in [5.41, 5.74) is 0. The molecule has 4 heavy (non-hydrogen) atoms. The van der Waals surface area contributed by atoms with Crippen LogP contribution in [0.1, 0.15) is 0 Å². The minimum Gasteiger partial charge on any atom is 0 e. The second kappa shape index (κ2) is 3.08. The molecule has 0 amide bonds. The Bertz CT molecular complexity index is 83.3. The predicted octanol–water partition coefficient (Wildman–Crippen LogP) is 0.975. The van der Waals surface area contributed by atoms with Crippen LogP contribution in [0.2, 0.25) is 0 Å². The van der Waals surface area contributed by atoms with Gasteiger partial charge in [0.15, 0.2) is 0 Å². The van der Waals surface area contributed by atoms with Gasteiger partial charge in [0.05, 0.1) is 0 Å². The van der Waals surface area contributed by atoms with Crippen LogP contribution in [0.25, 0.3) is 0 Å². The van der Waals surface area contributed by atoms with Crippen LogP contribution in [-0.2, 0) is 18.6 Å². The van der Waals surface area contributed by atoms with Gasteiger partial charge in [0.1, 0.15) is 0 Å². The van der Waals surface area contributed by atoms with Crippen LogP contribution in [0.15, 0.2) is 0 Å². The van der Waals surface area contributed by atoms with Crippen LogP contribution in [-0.4, -0.2) is 5.11 Å². The van der Waals surface area contributed by atoms with E-state index >= 15 is 0 Å². The molecule has 0 N–H and O–H groups in total. The minimum atomic E-state index is -2.57. The van der Waals surface area contributed by atoms with Crippen molar-refractivity contribution < 1.29 is 18.6 Å². The van der Waals surface area contributed by atoms with E-state index in [-0.39, 0.29) is 18.6 Å². The van der Waals surface area contributed by atoms with Gasteiger partial charge in [-0.3, -0.25) is 0 Å². The van der Waals surface area contributed by atoms with Gasteiger partial charge in [-0.2, -0.15) is 0 Å². The number of hydrogen-bond donors (Lipinski definition) is 0. The zero-order valence-electron chi connectivity index (χ0n) is 5.89. The molecule has 1 heterocycles. The van der Waals surface area contributed by atoms with Crippen LogP contribution in [0, 0.1) is 0 Å².